The molecule has 2 amide bonds. The Hall–Kier alpha value is -2.02. The molecule has 17 heavy (non-hydrogen) atoms. The number of anilines is 1. The molecule has 0 spiro atoms. The summed E-state index contributed by atoms with van der Waals surface area (Å²) in [5.74, 6) is 0. The van der Waals surface area contributed by atoms with Crippen LogP contribution in [0.4, 0.5) is 10.5 Å². The number of carbonyl (C=O) groups excluding carboxylic acids is 1. The lowest BCUT2D eigenvalue weighted by Crippen LogP contribution is -2.40. The third-order valence-electron chi connectivity index (χ3n) is 2.39. The van der Waals surface area contributed by atoms with Gasteiger partial charge >= 0.3 is 6.03 Å². The molecule has 1 aromatic carbocycles. The Morgan fingerprint density at radius 2 is 2.24 bits per heavy atom. The summed E-state index contributed by atoms with van der Waals surface area (Å²) in [5, 5.41) is 11.5. The van der Waals surface area contributed by atoms with Gasteiger partial charge in [-0.3, -0.25) is 0 Å². The molecule has 0 aliphatic heterocycles. The van der Waals surface area contributed by atoms with E-state index in [2.05, 4.69) is 5.32 Å². The summed E-state index contributed by atoms with van der Waals surface area (Å²) in [4.78, 5) is 13.4. The summed E-state index contributed by atoms with van der Waals surface area (Å²) < 4.78 is 0. The highest BCUT2D eigenvalue weighted by molar-refractivity contribution is 5.89. The second-order valence-electron chi connectivity index (χ2n) is 4.18. The quantitative estimate of drug-likeness (QED) is 0.813. The maximum absolute atomic E-state index is 11.9. The van der Waals surface area contributed by atoms with Gasteiger partial charge in [-0.05, 0) is 38.5 Å². The molecule has 0 bridgehead atoms. The largest absolute Gasteiger partial charge is 0.322 e. The van der Waals surface area contributed by atoms with Crippen LogP contribution in [0, 0.1) is 18.3 Å². The fourth-order valence-corrected chi connectivity index (χ4v) is 1.48. The number of urea groups is 1. The standard InChI is InChI=1S/C13H17N3O/c1-10(2)16(8-7-14)13(17)15-12-6-4-5-11(3)9-12/h4-6,9-10H,8H2,1-3H3,(H,15,17). The van der Waals surface area contributed by atoms with Crippen molar-refractivity contribution in [1.29, 1.82) is 5.26 Å². The Balaban J connectivity index is 2.74. The van der Waals surface area contributed by atoms with Crippen molar-refractivity contribution in [2.24, 2.45) is 0 Å². The molecule has 0 radical (unpaired) electrons. The fourth-order valence-electron chi connectivity index (χ4n) is 1.48. The molecule has 4 heteroatoms. The van der Waals surface area contributed by atoms with Gasteiger partial charge in [0, 0.05) is 11.7 Å². The van der Waals surface area contributed by atoms with Crippen LogP contribution in [-0.2, 0) is 0 Å². The zero-order chi connectivity index (χ0) is 12.8. The van der Waals surface area contributed by atoms with Crippen LogP contribution in [0.2, 0.25) is 0 Å². The molecular formula is C13H17N3O. The topological polar surface area (TPSA) is 56.1 Å². The van der Waals surface area contributed by atoms with Gasteiger partial charge in [0.1, 0.15) is 6.54 Å². The van der Waals surface area contributed by atoms with Crippen LogP contribution in [0.15, 0.2) is 24.3 Å². The van der Waals surface area contributed by atoms with Gasteiger partial charge in [-0.25, -0.2) is 4.79 Å². The fraction of sp³-hybridized carbons (Fsp3) is 0.385. The average molecular weight is 231 g/mol. The van der Waals surface area contributed by atoms with Crippen molar-refractivity contribution in [1.82, 2.24) is 4.90 Å². The predicted molar refractivity (Wildman–Crippen MR) is 67.7 cm³/mol. The molecule has 0 saturated carbocycles. The average Bonchev–Trinajstić information content (AvgIpc) is 2.25. The number of rotatable bonds is 3. The Labute approximate surface area is 102 Å². The lowest BCUT2D eigenvalue weighted by Gasteiger charge is -2.24. The van der Waals surface area contributed by atoms with Crippen LogP contribution >= 0.6 is 0 Å². The Morgan fingerprint density at radius 1 is 1.53 bits per heavy atom. The van der Waals surface area contributed by atoms with E-state index in [4.69, 9.17) is 5.26 Å². The Morgan fingerprint density at radius 3 is 2.76 bits per heavy atom. The maximum Gasteiger partial charge on any atom is 0.322 e. The van der Waals surface area contributed by atoms with Gasteiger partial charge in [0.15, 0.2) is 0 Å². The molecule has 0 aromatic heterocycles. The minimum absolute atomic E-state index is 0.000501. The van der Waals surface area contributed by atoms with Crippen LogP contribution < -0.4 is 5.32 Å². The van der Waals surface area contributed by atoms with Crippen LogP contribution in [-0.4, -0.2) is 23.5 Å². The predicted octanol–water partition coefficient (Wildman–Crippen LogP) is 2.76. The van der Waals surface area contributed by atoms with Gasteiger partial charge in [0.05, 0.1) is 6.07 Å². The second-order valence-corrected chi connectivity index (χ2v) is 4.18. The highest BCUT2D eigenvalue weighted by Crippen LogP contribution is 2.11. The van der Waals surface area contributed by atoms with Gasteiger partial charge in [-0.2, -0.15) is 5.26 Å². The first-order valence-electron chi connectivity index (χ1n) is 5.56. The number of amides is 2. The third-order valence-corrected chi connectivity index (χ3v) is 2.39. The van der Waals surface area contributed by atoms with Crippen molar-refractivity contribution in [3.05, 3.63) is 29.8 Å². The van der Waals surface area contributed by atoms with E-state index in [-0.39, 0.29) is 18.6 Å². The molecule has 1 N–H and O–H groups in total. The summed E-state index contributed by atoms with van der Waals surface area (Å²) in [7, 11) is 0. The van der Waals surface area contributed by atoms with Crippen molar-refractivity contribution in [3.8, 4) is 6.07 Å². The molecule has 0 aliphatic carbocycles. The van der Waals surface area contributed by atoms with Crippen molar-refractivity contribution >= 4 is 11.7 Å². The monoisotopic (exact) mass is 231 g/mol. The van der Waals surface area contributed by atoms with E-state index in [1.54, 1.807) is 0 Å². The zero-order valence-electron chi connectivity index (χ0n) is 10.4. The lowest BCUT2D eigenvalue weighted by molar-refractivity contribution is 0.205. The van der Waals surface area contributed by atoms with Crippen LogP contribution in [0.5, 0.6) is 0 Å². The molecule has 90 valence electrons. The van der Waals surface area contributed by atoms with Gasteiger partial charge < -0.3 is 10.2 Å². The van der Waals surface area contributed by atoms with E-state index in [0.29, 0.717) is 0 Å². The Kier molecular flexibility index (Phi) is 4.53. The van der Waals surface area contributed by atoms with Crippen LogP contribution in [0.25, 0.3) is 0 Å². The molecule has 1 rings (SSSR count). The van der Waals surface area contributed by atoms with Crippen molar-refractivity contribution in [3.63, 3.8) is 0 Å². The molecule has 1 aromatic rings. The first-order valence-corrected chi connectivity index (χ1v) is 5.56. The van der Waals surface area contributed by atoms with Gasteiger partial charge in [-0.15, -0.1) is 0 Å². The molecule has 0 heterocycles. The zero-order valence-corrected chi connectivity index (χ0v) is 10.4. The summed E-state index contributed by atoms with van der Waals surface area (Å²) in [5.41, 5.74) is 1.83. The van der Waals surface area contributed by atoms with Crippen LogP contribution in [0.1, 0.15) is 19.4 Å². The highest BCUT2D eigenvalue weighted by Gasteiger charge is 2.16. The number of hydrogen-bond donors (Lipinski definition) is 1. The first kappa shape index (κ1) is 13.0. The third kappa shape index (κ3) is 3.80. The summed E-state index contributed by atoms with van der Waals surface area (Å²) in [6.45, 7) is 5.82. The van der Waals surface area contributed by atoms with Gasteiger partial charge in [0.2, 0.25) is 0 Å². The number of nitrogens with zero attached hydrogens (tertiary/aromatic N) is 2. The van der Waals surface area contributed by atoms with E-state index in [0.717, 1.165) is 11.3 Å². The maximum atomic E-state index is 11.9. The smallest absolute Gasteiger partial charge is 0.309 e. The molecule has 0 unspecified atom stereocenters. The normalized spacial score (nSPS) is 9.82. The molecule has 4 nitrogen and oxygen atoms in total. The van der Waals surface area contributed by atoms with Crippen molar-refractivity contribution in [2.75, 3.05) is 11.9 Å². The number of nitriles is 1. The minimum Gasteiger partial charge on any atom is -0.309 e. The van der Waals surface area contributed by atoms with E-state index in [1.165, 1.54) is 4.90 Å². The number of hydrogen-bond acceptors (Lipinski definition) is 2. The Bertz CT molecular complexity index is 435. The summed E-state index contributed by atoms with van der Waals surface area (Å²) >= 11 is 0. The van der Waals surface area contributed by atoms with Crippen LogP contribution in [0.3, 0.4) is 0 Å². The molecule has 0 saturated heterocycles. The minimum atomic E-state index is -0.243. The molecular weight excluding hydrogens is 214 g/mol. The summed E-state index contributed by atoms with van der Waals surface area (Å²) in [6.07, 6.45) is 0. The number of carbonyl (C=O) groups is 1. The number of aryl methyl sites for hydroxylation is 1. The number of nitrogens with one attached hydrogen (secondary N) is 1. The summed E-state index contributed by atoms with van der Waals surface area (Å²) in [6, 6.07) is 9.32. The van der Waals surface area contributed by atoms with E-state index < -0.39 is 0 Å². The first-order chi connectivity index (χ1) is 8.04. The highest BCUT2D eigenvalue weighted by atomic mass is 16.2. The SMILES string of the molecule is Cc1cccc(NC(=O)N(CC#N)C(C)C)c1. The van der Waals surface area contributed by atoms with E-state index >= 15 is 0 Å². The van der Waals surface area contributed by atoms with Gasteiger partial charge in [-0.1, -0.05) is 12.1 Å². The van der Waals surface area contributed by atoms with Crippen molar-refractivity contribution in [2.45, 2.75) is 26.8 Å². The number of benzene rings is 1. The lowest BCUT2D eigenvalue weighted by atomic mass is 10.2. The van der Waals surface area contributed by atoms with Crippen molar-refractivity contribution < 1.29 is 4.79 Å². The van der Waals surface area contributed by atoms with Gasteiger partial charge in [0.25, 0.3) is 0 Å². The van der Waals surface area contributed by atoms with E-state index in [9.17, 15) is 4.79 Å². The molecule has 0 aliphatic rings. The second kappa shape index (κ2) is 5.90. The molecule has 0 fully saturated rings. The van der Waals surface area contributed by atoms with E-state index in [1.807, 2.05) is 51.1 Å². The molecule has 0 atom stereocenters.